The van der Waals surface area contributed by atoms with Crippen molar-refractivity contribution in [1.29, 1.82) is 0 Å². The Balaban J connectivity index is 0.00000364. The molecular formula is C21H36IN3O2. The molecule has 2 N–H and O–H groups in total. The minimum Gasteiger partial charge on any atom is -0.382 e. The zero-order chi connectivity index (χ0) is 18.6. The van der Waals surface area contributed by atoms with Gasteiger partial charge in [-0.1, -0.05) is 29.8 Å². The van der Waals surface area contributed by atoms with E-state index in [1.54, 1.807) is 0 Å². The molecule has 2 unspecified atom stereocenters. The fourth-order valence-corrected chi connectivity index (χ4v) is 3.31. The van der Waals surface area contributed by atoms with E-state index < -0.39 is 0 Å². The number of benzene rings is 1. The monoisotopic (exact) mass is 489 g/mol. The second kappa shape index (κ2) is 14.2. The van der Waals surface area contributed by atoms with Gasteiger partial charge in [-0.3, -0.25) is 4.99 Å². The van der Waals surface area contributed by atoms with Crippen molar-refractivity contribution in [2.75, 3.05) is 40.0 Å². The number of ether oxygens (including phenoxy) is 2. The molecule has 0 spiro atoms. The molecule has 0 saturated carbocycles. The first-order valence-corrected chi connectivity index (χ1v) is 9.95. The summed E-state index contributed by atoms with van der Waals surface area (Å²) in [6.07, 6.45) is 4.62. The van der Waals surface area contributed by atoms with E-state index in [1.165, 1.54) is 17.5 Å². The van der Waals surface area contributed by atoms with E-state index in [-0.39, 0.29) is 30.1 Å². The van der Waals surface area contributed by atoms with Crippen LogP contribution in [0.25, 0.3) is 0 Å². The van der Waals surface area contributed by atoms with Gasteiger partial charge in [0.25, 0.3) is 0 Å². The van der Waals surface area contributed by atoms with Gasteiger partial charge in [-0.15, -0.1) is 24.0 Å². The number of hydrogen-bond donors (Lipinski definition) is 2. The molecule has 1 aromatic carbocycles. The summed E-state index contributed by atoms with van der Waals surface area (Å²) in [7, 11) is 1.82. The third kappa shape index (κ3) is 8.79. The summed E-state index contributed by atoms with van der Waals surface area (Å²) in [5.41, 5.74) is 2.56. The number of hydrogen-bond acceptors (Lipinski definition) is 3. The van der Waals surface area contributed by atoms with Crippen molar-refractivity contribution in [1.82, 2.24) is 10.6 Å². The van der Waals surface area contributed by atoms with Gasteiger partial charge in [-0.25, -0.2) is 0 Å². The van der Waals surface area contributed by atoms with Crippen LogP contribution in [0, 0.1) is 12.8 Å². The van der Waals surface area contributed by atoms with Gasteiger partial charge in [0.05, 0.1) is 6.10 Å². The van der Waals surface area contributed by atoms with Gasteiger partial charge in [0.15, 0.2) is 5.96 Å². The lowest BCUT2D eigenvalue weighted by Crippen LogP contribution is -2.42. The van der Waals surface area contributed by atoms with Crippen LogP contribution < -0.4 is 10.6 Å². The SMILES string of the molecule is CCOCCCCNC(=NC)NCC1CCCOC1c1ccc(C)cc1.I. The zero-order valence-electron chi connectivity index (χ0n) is 17.0. The Morgan fingerprint density at radius 2 is 2.00 bits per heavy atom. The molecule has 27 heavy (non-hydrogen) atoms. The van der Waals surface area contributed by atoms with Crippen LogP contribution in [-0.4, -0.2) is 45.9 Å². The molecule has 1 aliphatic rings. The Kier molecular flexibility index (Phi) is 12.7. The number of rotatable bonds is 9. The summed E-state index contributed by atoms with van der Waals surface area (Å²) < 4.78 is 11.5. The first-order valence-electron chi connectivity index (χ1n) is 9.95. The molecule has 1 aromatic rings. The zero-order valence-corrected chi connectivity index (χ0v) is 19.3. The molecule has 6 heteroatoms. The molecule has 0 amide bonds. The van der Waals surface area contributed by atoms with Crippen LogP contribution in [0.3, 0.4) is 0 Å². The highest BCUT2D eigenvalue weighted by Crippen LogP contribution is 2.33. The lowest BCUT2D eigenvalue weighted by atomic mass is 9.89. The predicted octanol–water partition coefficient (Wildman–Crippen LogP) is 4.06. The molecule has 2 atom stereocenters. The Hall–Kier alpha value is -0.860. The fraction of sp³-hybridized carbons (Fsp3) is 0.667. The van der Waals surface area contributed by atoms with Crippen molar-refractivity contribution in [2.24, 2.45) is 10.9 Å². The predicted molar refractivity (Wildman–Crippen MR) is 123 cm³/mol. The molecule has 1 heterocycles. The Bertz CT molecular complexity index is 537. The van der Waals surface area contributed by atoms with Crippen molar-refractivity contribution >= 4 is 29.9 Å². The van der Waals surface area contributed by atoms with Crippen LogP contribution in [-0.2, 0) is 9.47 Å². The van der Waals surface area contributed by atoms with Gasteiger partial charge in [0.1, 0.15) is 0 Å². The van der Waals surface area contributed by atoms with Crippen molar-refractivity contribution < 1.29 is 9.47 Å². The summed E-state index contributed by atoms with van der Waals surface area (Å²) in [5.74, 6) is 1.33. The van der Waals surface area contributed by atoms with Crippen LogP contribution in [0.15, 0.2) is 29.3 Å². The molecule has 154 valence electrons. The largest absolute Gasteiger partial charge is 0.382 e. The molecule has 0 aromatic heterocycles. The number of aliphatic imine (C=N–C) groups is 1. The van der Waals surface area contributed by atoms with Crippen molar-refractivity contribution in [3.63, 3.8) is 0 Å². The molecule has 2 rings (SSSR count). The molecule has 1 saturated heterocycles. The number of nitrogens with one attached hydrogen (secondary N) is 2. The van der Waals surface area contributed by atoms with Crippen molar-refractivity contribution in [3.05, 3.63) is 35.4 Å². The second-order valence-corrected chi connectivity index (χ2v) is 6.89. The first-order chi connectivity index (χ1) is 12.7. The number of aryl methyl sites for hydroxylation is 1. The highest BCUT2D eigenvalue weighted by atomic mass is 127. The number of unbranched alkanes of at least 4 members (excludes halogenated alkanes) is 1. The normalized spacial score (nSPS) is 20.0. The van der Waals surface area contributed by atoms with E-state index in [9.17, 15) is 0 Å². The van der Waals surface area contributed by atoms with E-state index in [0.29, 0.717) is 5.92 Å². The highest BCUT2D eigenvalue weighted by Gasteiger charge is 2.27. The topological polar surface area (TPSA) is 54.9 Å². The van der Waals surface area contributed by atoms with Crippen LogP contribution in [0.1, 0.15) is 49.8 Å². The summed E-state index contributed by atoms with van der Waals surface area (Å²) in [4.78, 5) is 4.34. The van der Waals surface area contributed by atoms with Crippen LogP contribution in [0.4, 0.5) is 0 Å². The van der Waals surface area contributed by atoms with E-state index in [0.717, 1.165) is 58.1 Å². The quantitative estimate of drug-likeness (QED) is 0.238. The van der Waals surface area contributed by atoms with Gasteiger partial charge in [-0.2, -0.15) is 0 Å². The van der Waals surface area contributed by atoms with Crippen LogP contribution >= 0.6 is 24.0 Å². The third-order valence-corrected chi connectivity index (χ3v) is 4.82. The molecule has 1 fully saturated rings. The molecule has 5 nitrogen and oxygen atoms in total. The average molecular weight is 489 g/mol. The third-order valence-electron chi connectivity index (χ3n) is 4.82. The maximum absolute atomic E-state index is 6.10. The smallest absolute Gasteiger partial charge is 0.190 e. The Labute approximate surface area is 181 Å². The standard InChI is InChI=1S/C21H35N3O2.HI/c1-4-25-14-6-5-13-23-21(22-3)24-16-19-8-7-15-26-20(19)18-11-9-17(2)10-12-18;/h9-12,19-20H,4-8,13-16H2,1-3H3,(H2,22,23,24);1H. The summed E-state index contributed by atoms with van der Waals surface area (Å²) in [6.45, 7) is 8.41. The molecule has 0 radical (unpaired) electrons. The van der Waals surface area contributed by atoms with Crippen molar-refractivity contribution in [3.8, 4) is 0 Å². The molecule has 1 aliphatic heterocycles. The summed E-state index contributed by atoms with van der Waals surface area (Å²) in [5, 5.41) is 6.87. The lowest BCUT2D eigenvalue weighted by molar-refractivity contribution is -0.0265. The van der Waals surface area contributed by atoms with E-state index in [4.69, 9.17) is 9.47 Å². The fourth-order valence-electron chi connectivity index (χ4n) is 3.31. The lowest BCUT2D eigenvalue weighted by Gasteiger charge is -2.32. The number of guanidine groups is 1. The molecule has 0 aliphatic carbocycles. The average Bonchev–Trinajstić information content (AvgIpc) is 2.68. The maximum Gasteiger partial charge on any atom is 0.190 e. The van der Waals surface area contributed by atoms with Crippen molar-refractivity contribution in [2.45, 2.75) is 45.6 Å². The van der Waals surface area contributed by atoms with Gasteiger partial charge in [0.2, 0.25) is 0 Å². The number of halogens is 1. The van der Waals surface area contributed by atoms with Gasteiger partial charge >= 0.3 is 0 Å². The van der Waals surface area contributed by atoms with Gasteiger partial charge < -0.3 is 20.1 Å². The van der Waals surface area contributed by atoms with Crippen LogP contribution in [0.5, 0.6) is 0 Å². The van der Waals surface area contributed by atoms with Crippen LogP contribution in [0.2, 0.25) is 0 Å². The Morgan fingerprint density at radius 3 is 2.70 bits per heavy atom. The first kappa shape index (κ1) is 24.2. The molecule has 0 bridgehead atoms. The Morgan fingerprint density at radius 1 is 1.22 bits per heavy atom. The molecular weight excluding hydrogens is 453 g/mol. The number of nitrogens with zero attached hydrogens (tertiary/aromatic N) is 1. The minimum absolute atomic E-state index is 0. The second-order valence-electron chi connectivity index (χ2n) is 6.89. The van der Waals surface area contributed by atoms with E-state index in [2.05, 4.69) is 46.8 Å². The summed E-state index contributed by atoms with van der Waals surface area (Å²) in [6, 6.07) is 8.73. The summed E-state index contributed by atoms with van der Waals surface area (Å²) >= 11 is 0. The van der Waals surface area contributed by atoms with E-state index in [1.807, 2.05) is 14.0 Å². The van der Waals surface area contributed by atoms with Gasteiger partial charge in [-0.05, 0) is 45.1 Å². The highest BCUT2D eigenvalue weighted by molar-refractivity contribution is 14.0. The van der Waals surface area contributed by atoms with E-state index >= 15 is 0 Å². The van der Waals surface area contributed by atoms with Gasteiger partial charge in [0, 0.05) is 45.9 Å². The minimum atomic E-state index is 0. The maximum atomic E-state index is 6.10.